The molecule has 0 radical (unpaired) electrons. The Morgan fingerprint density at radius 3 is 2.71 bits per heavy atom. The van der Waals surface area contributed by atoms with Crippen molar-refractivity contribution >= 4 is 5.91 Å². The Kier molecular flexibility index (Phi) is 3.68. The minimum atomic E-state index is -0.269. The van der Waals surface area contributed by atoms with Gasteiger partial charge in [-0.05, 0) is 43.9 Å². The maximum Gasteiger partial charge on any atom is 0.273 e. The van der Waals surface area contributed by atoms with Crippen molar-refractivity contribution in [1.29, 1.82) is 0 Å². The van der Waals surface area contributed by atoms with E-state index in [0.29, 0.717) is 12.2 Å². The van der Waals surface area contributed by atoms with Gasteiger partial charge in [-0.1, -0.05) is 17.3 Å². The van der Waals surface area contributed by atoms with Crippen LogP contribution in [0.25, 0.3) is 0 Å². The molecule has 3 rings (SSSR count). The SMILES string of the molecule is Cc1c(C(=O)NC2CCC2)nnn1Cc1ccc(F)cc1. The van der Waals surface area contributed by atoms with Gasteiger partial charge in [0.2, 0.25) is 0 Å². The number of benzene rings is 1. The van der Waals surface area contributed by atoms with Gasteiger partial charge in [0, 0.05) is 6.04 Å². The van der Waals surface area contributed by atoms with Gasteiger partial charge in [0.15, 0.2) is 5.69 Å². The van der Waals surface area contributed by atoms with Crippen LogP contribution in [0.4, 0.5) is 4.39 Å². The first-order valence-corrected chi connectivity index (χ1v) is 7.09. The predicted molar refractivity (Wildman–Crippen MR) is 75.4 cm³/mol. The molecule has 1 aromatic carbocycles. The van der Waals surface area contributed by atoms with E-state index in [2.05, 4.69) is 15.6 Å². The van der Waals surface area contributed by atoms with Crippen molar-refractivity contribution in [1.82, 2.24) is 20.3 Å². The number of carbonyl (C=O) groups excluding carboxylic acids is 1. The van der Waals surface area contributed by atoms with Crippen LogP contribution in [-0.2, 0) is 6.54 Å². The summed E-state index contributed by atoms with van der Waals surface area (Å²) in [7, 11) is 0. The predicted octanol–water partition coefficient (Wildman–Crippen LogP) is 2.06. The molecule has 1 aromatic heterocycles. The Bertz CT molecular complexity index is 646. The third kappa shape index (κ3) is 2.94. The molecule has 0 spiro atoms. The zero-order valence-corrected chi connectivity index (χ0v) is 11.8. The second-order valence-electron chi connectivity index (χ2n) is 5.41. The van der Waals surface area contributed by atoms with Gasteiger partial charge in [-0.3, -0.25) is 4.79 Å². The van der Waals surface area contributed by atoms with Crippen LogP contribution >= 0.6 is 0 Å². The fourth-order valence-corrected chi connectivity index (χ4v) is 2.29. The Morgan fingerprint density at radius 2 is 2.10 bits per heavy atom. The number of nitrogens with zero attached hydrogens (tertiary/aromatic N) is 3. The molecule has 0 unspecified atom stereocenters. The first-order valence-electron chi connectivity index (χ1n) is 7.09. The molecule has 21 heavy (non-hydrogen) atoms. The molecule has 0 saturated heterocycles. The normalized spacial score (nSPS) is 14.8. The molecular formula is C15H17FN4O. The van der Waals surface area contributed by atoms with Gasteiger partial charge in [0.05, 0.1) is 12.2 Å². The average molecular weight is 288 g/mol. The highest BCUT2D eigenvalue weighted by Gasteiger charge is 2.23. The number of hydrogen-bond acceptors (Lipinski definition) is 3. The maximum absolute atomic E-state index is 12.9. The topological polar surface area (TPSA) is 59.8 Å². The number of carbonyl (C=O) groups is 1. The Labute approximate surface area is 122 Å². The molecule has 1 saturated carbocycles. The van der Waals surface area contributed by atoms with Crippen LogP contribution in [0.5, 0.6) is 0 Å². The number of nitrogens with one attached hydrogen (secondary N) is 1. The highest BCUT2D eigenvalue weighted by Crippen LogP contribution is 2.18. The largest absolute Gasteiger partial charge is 0.348 e. The van der Waals surface area contributed by atoms with Gasteiger partial charge < -0.3 is 5.32 Å². The van der Waals surface area contributed by atoms with E-state index >= 15 is 0 Å². The summed E-state index contributed by atoms with van der Waals surface area (Å²) < 4.78 is 14.5. The second-order valence-corrected chi connectivity index (χ2v) is 5.41. The molecule has 0 aliphatic heterocycles. The van der Waals surface area contributed by atoms with Crippen molar-refractivity contribution in [2.24, 2.45) is 0 Å². The van der Waals surface area contributed by atoms with Crippen LogP contribution in [0.3, 0.4) is 0 Å². The lowest BCUT2D eigenvalue weighted by atomic mass is 9.93. The summed E-state index contributed by atoms with van der Waals surface area (Å²) in [5.41, 5.74) is 2.00. The maximum atomic E-state index is 12.9. The van der Waals surface area contributed by atoms with E-state index in [1.807, 2.05) is 6.92 Å². The molecule has 2 aromatic rings. The summed E-state index contributed by atoms with van der Waals surface area (Å²) in [5.74, 6) is -0.433. The molecule has 1 aliphatic rings. The molecular weight excluding hydrogens is 271 g/mol. The molecule has 0 bridgehead atoms. The van der Waals surface area contributed by atoms with E-state index in [9.17, 15) is 9.18 Å². The number of aromatic nitrogens is 3. The van der Waals surface area contributed by atoms with Crippen molar-refractivity contribution in [2.75, 3.05) is 0 Å². The zero-order chi connectivity index (χ0) is 14.8. The van der Waals surface area contributed by atoms with Gasteiger partial charge in [-0.25, -0.2) is 9.07 Å². The Hall–Kier alpha value is -2.24. The summed E-state index contributed by atoms with van der Waals surface area (Å²) in [6.45, 7) is 2.29. The van der Waals surface area contributed by atoms with E-state index in [1.54, 1.807) is 16.8 Å². The lowest BCUT2D eigenvalue weighted by molar-refractivity contribution is 0.0911. The monoisotopic (exact) mass is 288 g/mol. The first-order chi connectivity index (χ1) is 10.1. The number of hydrogen-bond donors (Lipinski definition) is 1. The quantitative estimate of drug-likeness (QED) is 0.936. The summed E-state index contributed by atoms with van der Waals surface area (Å²) in [5, 5.41) is 10.9. The van der Waals surface area contributed by atoms with E-state index in [0.717, 1.165) is 24.1 Å². The van der Waals surface area contributed by atoms with Gasteiger partial charge >= 0.3 is 0 Å². The van der Waals surface area contributed by atoms with Crippen molar-refractivity contribution in [2.45, 2.75) is 38.8 Å². The standard InChI is InChI=1S/C15H17FN4O/c1-10-14(15(21)17-13-3-2-4-13)18-19-20(10)9-11-5-7-12(16)8-6-11/h5-8,13H,2-4,9H2,1H3,(H,17,21). The fraction of sp³-hybridized carbons (Fsp3) is 0.400. The molecule has 1 heterocycles. The van der Waals surface area contributed by atoms with E-state index < -0.39 is 0 Å². The smallest absolute Gasteiger partial charge is 0.273 e. The van der Waals surface area contributed by atoms with E-state index in [4.69, 9.17) is 0 Å². The number of rotatable bonds is 4. The molecule has 5 nitrogen and oxygen atoms in total. The van der Waals surface area contributed by atoms with Crippen molar-refractivity contribution in [3.05, 3.63) is 47.0 Å². The summed E-state index contributed by atoms with van der Waals surface area (Å²) in [4.78, 5) is 12.1. The minimum Gasteiger partial charge on any atom is -0.348 e. The molecule has 1 N–H and O–H groups in total. The molecule has 6 heteroatoms. The summed E-state index contributed by atoms with van der Waals surface area (Å²) in [6.07, 6.45) is 3.24. The van der Waals surface area contributed by atoms with Crippen LogP contribution < -0.4 is 5.32 Å². The van der Waals surface area contributed by atoms with Crippen molar-refractivity contribution in [3.63, 3.8) is 0 Å². The lowest BCUT2D eigenvalue weighted by Crippen LogP contribution is -2.39. The lowest BCUT2D eigenvalue weighted by Gasteiger charge is -2.25. The summed E-state index contributed by atoms with van der Waals surface area (Å²) in [6, 6.07) is 6.49. The molecule has 1 aliphatic carbocycles. The van der Waals surface area contributed by atoms with E-state index in [1.165, 1.54) is 18.6 Å². The van der Waals surface area contributed by atoms with Gasteiger partial charge in [0.25, 0.3) is 5.91 Å². The third-order valence-electron chi connectivity index (χ3n) is 3.88. The zero-order valence-electron chi connectivity index (χ0n) is 11.8. The van der Waals surface area contributed by atoms with E-state index in [-0.39, 0.29) is 17.8 Å². The van der Waals surface area contributed by atoms with Crippen molar-refractivity contribution in [3.8, 4) is 0 Å². The van der Waals surface area contributed by atoms with Crippen LogP contribution in [0.1, 0.15) is 41.0 Å². The first kappa shape index (κ1) is 13.7. The van der Waals surface area contributed by atoms with Crippen LogP contribution in [0.2, 0.25) is 0 Å². The Balaban J connectivity index is 1.72. The van der Waals surface area contributed by atoms with Gasteiger partial charge in [-0.15, -0.1) is 5.10 Å². The minimum absolute atomic E-state index is 0.164. The van der Waals surface area contributed by atoms with Crippen LogP contribution in [-0.4, -0.2) is 26.9 Å². The highest BCUT2D eigenvalue weighted by molar-refractivity contribution is 5.93. The third-order valence-corrected chi connectivity index (χ3v) is 3.88. The highest BCUT2D eigenvalue weighted by atomic mass is 19.1. The molecule has 0 atom stereocenters. The molecule has 1 amide bonds. The average Bonchev–Trinajstić information content (AvgIpc) is 2.78. The number of amides is 1. The number of halogens is 1. The molecule has 1 fully saturated rings. The van der Waals surface area contributed by atoms with Gasteiger partial charge in [0.1, 0.15) is 5.82 Å². The Morgan fingerprint density at radius 1 is 1.38 bits per heavy atom. The second kappa shape index (κ2) is 5.63. The molecule has 110 valence electrons. The van der Waals surface area contributed by atoms with Crippen LogP contribution in [0, 0.1) is 12.7 Å². The van der Waals surface area contributed by atoms with Crippen LogP contribution in [0.15, 0.2) is 24.3 Å². The summed E-state index contributed by atoms with van der Waals surface area (Å²) >= 11 is 0. The van der Waals surface area contributed by atoms with Crippen molar-refractivity contribution < 1.29 is 9.18 Å². The fourth-order valence-electron chi connectivity index (χ4n) is 2.29. The van der Waals surface area contributed by atoms with Gasteiger partial charge in [-0.2, -0.15) is 0 Å².